The van der Waals surface area contributed by atoms with Crippen LogP contribution in [0.5, 0.6) is 0 Å². The Bertz CT molecular complexity index is 1200. The molecule has 0 fully saturated rings. The molecule has 0 spiro atoms. The van der Waals surface area contributed by atoms with Gasteiger partial charge in [-0.25, -0.2) is 9.78 Å². The number of aryl methyl sites for hydroxylation is 1. The number of fused-ring (bicyclic) bond motifs is 1. The van der Waals surface area contributed by atoms with Gasteiger partial charge in [0.05, 0.1) is 12.8 Å². The van der Waals surface area contributed by atoms with E-state index in [-0.39, 0.29) is 12.4 Å². The molecule has 7 nitrogen and oxygen atoms in total. The van der Waals surface area contributed by atoms with Gasteiger partial charge in [-0.05, 0) is 44.2 Å². The highest BCUT2D eigenvalue weighted by Crippen LogP contribution is 2.18. The molecule has 0 saturated carbocycles. The van der Waals surface area contributed by atoms with Crippen LogP contribution < -0.4 is 0 Å². The Balaban J connectivity index is 1.37. The highest BCUT2D eigenvalue weighted by molar-refractivity contribution is 6.00. The zero-order valence-corrected chi connectivity index (χ0v) is 16.6. The number of ketones is 1. The molecule has 1 aromatic carbocycles. The number of hydrogen-bond donors (Lipinski definition) is 0. The summed E-state index contributed by atoms with van der Waals surface area (Å²) in [6.07, 6.45) is 4.23. The van der Waals surface area contributed by atoms with E-state index in [0.717, 1.165) is 17.1 Å². The van der Waals surface area contributed by atoms with Gasteiger partial charge in [0.25, 0.3) is 0 Å². The van der Waals surface area contributed by atoms with Crippen molar-refractivity contribution in [1.29, 1.82) is 0 Å². The highest BCUT2D eigenvalue weighted by atomic mass is 16.5. The van der Waals surface area contributed by atoms with Crippen molar-refractivity contribution in [2.24, 2.45) is 0 Å². The summed E-state index contributed by atoms with van der Waals surface area (Å²) in [5.41, 5.74) is 3.58. The molecule has 0 saturated heterocycles. The van der Waals surface area contributed by atoms with Gasteiger partial charge < -0.3 is 18.1 Å². The summed E-state index contributed by atoms with van der Waals surface area (Å²) < 4.78 is 18.0. The first-order chi connectivity index (χ1) is 14.5. The maximum atomic E-state index is 12.6. The van der Waals surface area contributed by atoms with E-state index in [0.29, 0.717) is 29.1 Å². The van der Waals surface area contributed by atoms with Gasteiger partial charge in [-0.3, -0.25) is 4.79 Å². The lowest BCUT2D eigenvalue weighted by molar-refractivity contribution is -0.136. The second kappa shape index (κ2) is 8.24. The summed E-state index contributed by atoms with van der Waals surface area (Å²) in [5, 5.41) is 0. The van der Waals surface area contributed by atoms with Crippen LogP contribution in [0.2, 0.25) is 0 Å². The molecule has 4 rings (SSSR count). The van der Waals surface area contributed by atoms with Crippen LogP contribution in [0.1, 0.15) is 33.4 Å². The SMILES string of the molecule is Cc1cc(C(=O)COC(=O)/C=C/c2nc3ccccc3o2)c(C)n1Cc1ccco1. The van der Waals surface area contributed by atoms with E-state index in [4.69, 9.17) is 13.6 Å². The first-order valence-corrected chi connectivity index (χ1v) is 9.44. The number of carbonyl (C=O) groups is 2. The van der Waals surface area contributed by atoms with Gasteiger partial charge in [-0.15, -0.1) is 0 Å². The molecule has 152 valence electrons. The Labute approximate surface area is 172 Å². The second-order valence-corrected chi connectivity index (χ2v) is 6.83. The van der Waals surface area contributed by atoms with Gasteiger partial charge in [0.15, 0.2) is 12.2 Å². The number of furan rings is 1. The minimum atomic E-state index is -0.644. The second-order valence-electron chi connectivity index (χ2n) is 6.83. The topological polar surface area (TPSA) is 87.5 Å². The van der Waals surface area contributed by atoms with E-state index >= 15 is 0 Å². The number of aromatic nitrogens is 2. The number of ether oxygens (including phenoxy) is 1. The number of esters is 1. The lowest BCUT2D eigenvalue weighted by Gasteiger charge is -2.07. The fourth-order valence-electron chi connectivity index (χ4n) is 3.25. The third-order valence-electron chi connectivity index (χ3n) is 4.79. The molecule has 0 aliphatic heterocycles. The van der Waals surface area contributed by atoms with Crippen molar-refractivity contribution in [2.75, 3.05) is 6.61 Å². The van der Waals surface area contributed by atoms with E-state index in [1.807, 2.05) is 48.7 Å². The zero-order valence-electron chi connectivity index (χ0n) is 16.6. The summed E-state index contributed by atoms with van der Waals surface area (Å²) in [6, 6.07) is 12.8. The monoisotopic (exact) mass is 404 g/mol. The Kier molecular flexibility index (Phi) is 5.34. The lowest BCUT2D eigenvalue weighted by Crippen LogP contribution is -2.13. The number of para-hydroxylation sites is 2. The van der Waals surface area contributed by atoms with Gasteiger partial charge in [-0.2, -0.15) is 0 Å². The Morgan fingerprint density at radius 2 is 2.00 bits per heavy atom. The van der Waals surface area contributed by atoms with Crippen LogP contribution in [0.3, 0.4) is 0 Å². The molecule has 0 unspecified atom stereocenters. The number of hydrogen-bond acceptors (Lipinski definition) is 6. The number of nitrogens with zero attached hydrogens (tertiary/aromatic N) is 2. The molecule has 0 radical (unpaired) electrons. The first kappa shape index (κ1) is 19.4. The fourth-order valence-corrected chi connectivity index (χ4v) is 3.25. The predicted octanol–water partition coefficient (Wildman–Crippen LogP) is 4.33. The normalized spacial score (nSPS) is 11.4. The summed E-state index contributed by atoms with van der Waals surface area (Å²) >= 11 is 0. The smallest absolute Gasteiger partial charge is 0.331 e. The average Bonchev–Trinajstić information content (AvgIpc) is 3.46. The average molecular weight is 404 g/mol. The molecular formula is C23H20N2O5. The summed E-state index contributed by atoms with van der Waals surface area (Å²) in [5.74, 6) is 0.180. The first-order valence-electron chi connectivity index (χ1n) is 9.44. The number of oxazole rings is 1. The van der Waals surface area contributed by atoms with Crippen LogP contribution in [0, 0.1) is 13.8 Å². The van der Waals surface area contributed by atoms with E-state index in [1.54, 1.807) is 18.4 Å². The summed E-state index contributed by atoms with van der Waals surface area (Å²) in [6.45, 7) is 3.96. The molecule has 0 aliphatic carbocycles. The highest BCUT2D eigenvalue weighted by Gasteiger charge is 2.17. The number of benzene rings is 1. The van der Waals surface area contributed by atoms with Gasteiger partial charge in [-0.1, -0.05) is 12.1 Å². The summed E-state index contributed by atoms with van der Waals surface area (Å²) in [7, 11) is 0. The minimum absolute atomic E-state index is 0.266. The number of rotatable bonds is 7. The van der Waals surface area contributed by atoms with Crippen molar-refractivity contribution in [2.45, 2.75) is 20.4 Å². The van der Waals surface area contributed by atoms with Crippen LogP contribution in [0.4, 0.5) is 0 Å². The van der Waals surface area contributed by atoms with Crippen molar-refractivity contribution in [3.05, 3.63) is 83.4 Å². The van der Waals surface area contributed by atoms with Gasteiger partial charge in [0, 0.05) is 29.1 Å². The van der Waals surface area contributed by atoms with Crippen LogP contribution in [0.15, 0.2) is 63.6 Å². The van der Waals surface area contributed by atoms with Crippen molar-refractivity contribution >= 4 is 28.9 Å². The van der Waals surface area contributed by atoms with Gasteiger partial charge in [0.2, 0.25) is 11.7 Å². The van der Waals surface area contributed by atoms with E-state index in [1.165, 1.54) is 12.2 Å². The van der Waals surface area contributed by atoms with Crippen LogP contribution in [-0.4, -0.2) is 27.9 Å². The number of carbonyl (C=O) groups excluding carboxylic acids is 2. The molecule has 0 aliphatic rings. The molecule has 4 aromatic rings. The molecule has 30 heavy (non-hydrogen) atoms. The van der Waals surface area contributed by atoms with E-state index < -0.39 is 5.97 Å². The van der Waals surface area contributed by atoms with Gasteiger partial charge in [0.1, 0.15) is 11.3 Å². The van der Waals surface area contributed by atoms with E-state index in [9.17, 15) is 9.59 Å². The summed E-state index contributed by atoms with van der Waals surface area (Å²) in [4.78, 5) is 28.8. The lowest BCUT2D eigenvalue weighted by atomic mass is 10.1. The maximum absolute atomic E-state index is 12.6. The van der Waals surface area contributed by atoms with Crippen molar-refractivity contribution in [3.63, 3.8) is 0 Å². The van der Waals surface area contributed by atoms with Gasteiger partial charge >= 0.3 is 5.97 Å². The molecule has 3 aromatic heterocycles. The maximum Gasteiger partial charge on any atom is 0.331 e. The van der Waals surface area contributed by atoms with Crippen LogP contribution in [-0.2, 0) is 16.1 Å². The molecule has 0 amide bonds. The quantitative estimate of drug-likeness (QED) is 0.259. The minimum Gasteiger partial charge on any atom is -0.467 e. The van der Waals surface area contributed by atoms with Crippen molar-refractivity contribution in [3.8, 4) is 0 Å². The largest absolute Gasteiger partial charge is 0.467 e. The number of Topliss-reactive ketones (excluding diaryl/α,β-unsaturated/α-hetero) is 1. The van der Waals surface area contributed by atoms with E-state index in [2.05, 4.69) is 4.98 Å². The fraction of sp³-hybridized carbons (Fsp3) is 0.174. The third-order valence-corrected chi connectivity index (χ3v) is 4.79. The zero-order chi connectivity index (χ0) is 21.1. The van der Waals surface area contributed by atoms with Crippen molar-refractivity contribution < 1.29 is 23.2 Å². The Morgan fingerprint density at radius 1 is 1.17 bits per heavy atom. The van der Waals surface area contributed by atoms with Crippen LogP contribution in [0.25, 0.3) is 17.2 Å². The third kappa shape index (κ3) is 4.10. The molecule has 0 bridgehead atoms. The molecule has 0 atom stereocenters. The molecule has 3 heterocycles. The molecular weight excluding hydrogens is 384 g/mol. The predicted molar refractivity (Wildman–Crippen MR) is 110 cm³/mol. The molecule has 7 heteroatoms. The molecule has 0 N–H and O–H groups in total. The standard InChI is InChI=1S/C23H20N2O5/c1-15-12-18(16(2)25(15)13-17-6-5-11-28-17)20(26)14-29-23(27)10-9-22-24-19-7-3-4-8-21(19)30-22/h3-12H,13-14H2,1-2H3/b10-9+. The van der Waals surface area contributed by atoms with Crippen molar-refractivity contribution in [1.82, 2.24) is 9.55 Å². The Hall–Kier alpha value is -3.87. The Morgan fingerprint density at radius 3 is 2.77 bits per heavy atom. The van der Waals surface area contributed by atoms with Crippen LogP contribution >= 0.6 is 0 Å².